The van der Waals surface area contributed by atoms with E-state index >= 15 is 0 Å². The third-order valence-corrected chi connectivity index (χ3v) is 3.67. The van der Waals surface area contributed by atoms with E-state index in [1.165, 1.54) is 0 Å². The van der Waals surface area contributed by atoms with Gasteiger partial charge in [0.1, 0.15) is 5.54 Å². The summed E-state index contributed by atoms with van der Waals surface area (Å²) in [6, 6.07) is 9.82. The maximum Gasteiger partial charge on any atom is 0.194 e. The van der Waals surface area contributed by atoms with Gasteiger partial charge in [0.2, 0.25) is 0 Å². The number of aliphatic imine (C=N–C) groups is 1. The third kappa shape index (κ3) is 2.23. The molecule has 1 atom stereocenters. The van der Waals surface area contributed by atoms with Crippen LogP contribution in [0.25, 0.3) is 0 Å². The summed E-state index contributed by atoms with van der Waals surface area (Å²) in [6.07, 6.45) is 7.29. The van der Waals surface area contributed by atoms with Gasteiger partial charge < -0.3 is 16.8 Å². The van der Waals surface area contributed by atoms with Crippen molar-refractivity contribution in [2.24, 2.45) is 10.7 Å². The molecule has 0 radical (unpaired) electrons. The Labute approximate surface area is 123 Å². The molecule has 1 aromatic carbocycles. The third-order valence-electron chi connectivity index (χ3n) is 3.67. The molecule has 0 aliphatic carbocycles. The molecule has 0 saturated heterocycles. The highest BCUT2D eigenvalue weighted by Gasteiger charge is 2.34. The fourth-order valence-corrected chi connectivity index (χ4v) is 2.46. The molecule has 1 unspecified atom stereocenters. The van der Waals surface area contributed by atoms with E-state index in [9.17, 15) is 0 Å². The Balaban J connectivity index is 2.24. The molecule has 0 fully saturated rings. The molecule has 0 bridgehead atoms. The molecule has 5 N–H and O–H groups in total. The monoisotopic (exact) mass is 279 g/mol. The number of rotatable bonds is 2. The zero-order valence-corrected chi connectivity index (χ0v) is 11.7. The van der Waals surface area contributed by atoms with E-state index in [1.807, 2.05) is 43.3 Å². The van der Waals surface area contributed by atoms with Crippen LogP contribution in [0.3, 0.4) is 0 Å². The van der Waals surface area contributed by atoms with Crippen LogP contribution in [-0.4, -0.2) is 10.9 Å². The molecular formula is C16H17N5. The van der Waals surface area contributed by atoms with Crippen LogP contribution < -0.4 is 16.8 Å². The summed E-state index contributed by atoms with van der Waals surface area (Å²) in [7, 11) is 0. The molecule has 0 spiro atoms. The first kappa shape index (κ1) is 13.2. The molecular weight excluding hydrogens is 262 g/mol. The molecule has 0 saturated carbocycles. The standard InChI is InChI=1S/C16H17N5/c1-11-4-5-12(9-14(11)17)16(6-8-20-15(18)21-16)13-3-2-7-19-10-13/h2-10H,17H2,1H3,(H3,18,20,21). The van der Waals surface area contributed by atoms with Gasteiger partial charge in [-0.25, -0.2) is 4.99 Å². The molecule has 106 valence electrons. The van der Waals surface area contributed by atoms with Crippen molar-refractivity contribution in [1.82, 2.24) is 10.3 Å². The molecule has 1 aromatic heterocycles. The summed E-state index contributed by atoms with van der Waals surface area (Å²) in [5.41, 5.74) is 14.9. The number of nitrogen functional groups attached to an aromatic ring is 1. The van der Waals surface area contributed by atoms with Crippen LogP contribution in [0.15, 0.2) is 60.0 Å². The van der Waals surface area contributed by atoms with Crippen molar-refractivity contribution in [1.29, 1.82) is 0 Å². The fraction of sp³-hybridized carbons (Fsp3) is 0.125. The summed E-state index contributed by atoms with van der Waals surface area (Å²) < 4.78 is 0. The smallest absolute Gasteiger partial charge is 0.194 e. The number of anilines is 1. The van der Waals surface area contributed by atoms with Crippen molar-refractivity contribution in [2.45, 2.75) is 12.5 Å². The summed E-state index contributed by atoms with van der Waals surface area (Å²) in [5, 5.41) is 2.90. The van der Waals surface area contributed by atoms with E-state index in [0.29, 0.717) is 5.96 Å². The van der Waals surface area contributed by atoms with E-state index < -0.39 is 5.54 Å². The summed E-state index contributed by atoms with van der Waals surface area (Å²) in [5.74, 6) is 0.362. The number of guanidine groups is 1. The minimum atomic E-state index is -0.703. The SMILES string of the molecule is Cc1ccc(C2(c3cccnc3)C=CNC(N)=N2)cc1N. The zero-order chi connectivity index (χ0) is 14.9. The maximum atomic E-state index is 6.06. The Bertz CT molecular complexity index is 721. The van der Waals surface area contributed by atoms with Crippen molar-refractivity contribution in [3.63, 3.8) is 0 Å². The number of hydrogen-bond acceptors (Lipinski definition) is 5. The lowest BCUT2D eigenvalue weighted by Gasteiger charge is -2.30. The second-order valence-corrected chi connectivity index (χ2v) is 5.05. The van der Waals surface area contributed by atoms with Crippen molar-refractivity contribution in [3.8, 4) is 0 Å². The Hall–Kier alpha value is -2.82. The van der Waals surface area contributed by atoms with E-state index in [0.717, 1.165) is 22.4 Å². The molecule has 1 aliphatic rings. The van der Waals surface area contributed by atoms with Gasteiger partial charge >= 0.3 is 0 Å². The number of pyridine rings is 1. The summed E-state index contributed by atoms with van der Waals surface area (Å²) in [4.78, 5) is 8.83. The Morgan fingerprint density at radius 3 is 2.67 bits per heavy atom. The quantitative estimate of drug-likeness (QED) is 0.729. The lowest BCUT2D eigenvalue weighted by molar-refractivity contribution is 0.661. The number of benzene rings is 1. The minimum Gasteiger partial charge on any atom is -0.399 e. The minimum absolute atomic E-state index is 0.362. The van der Waals surface area contributed by atoms with Crippen LogP contribution >= 0.6 is 0 Å². The van der Waals surface area contributed by atoms with Gasteiger partial charge in [0.25, 0.3) is 0 Å². The lowest BCUT2D eigenvalue weighted by atomic mass is 9.83. The molecule has 0 amide bonds. The molecule has 2 aromatic rings. The first-order chi connectivity index (χ1) is 10.1. The van der Waals surface area contributed by atoms with Crippen molar-refractivity contribution >= 4 is 11.6 Å². The van der Waals surface area contributed by atoms with Crippen LogP contribution in [0.1, 0.15) is 16.7 Å². The van der Waals surface area contributed by atoms with Gasteiger partial charge in [0.05, 0.1) is 0 Å². The van der Waals surface area contributed by atoms with Gasteiger partial charge in [0.15, 0.2) is 5.96 Å². The number of aryl methyl sites for hydroxylation is 1. The number of nitrogens with zero attached hydrogens (tertiary/aromatic N) is 2. The Morgan fingerprint density at radius 2 is 2.00 bits per heavy atom. The van der Waals surface area contributed by atoms with Gasteiger partial charge in [-0.1, -0.05) is 18.2 Å². The number of nitrogens with two attached hydrogens (primary N) is 2. The molecule has 5 heteroatoms. The lowest BCUT2D eigenvalue weighted by Crippen LogP contribution is -2.37. The average Bonchev–Trinajstić information content (AvgIpc) is 2.51. The number of nitrogens with one attached hydrogen (secondary N) is 1. The maximum absolute atomic E-state index is 6.06. The molecule has 1 aliphatic heterocycles. The molecule has 3 rings (SSSR count). The topological polar surface area (TPSA) is 89.3 Å². The predicted octanol–water partition coefficient (Wildman–Crippen LogP) is 1.65. The fourth-order valence-electron chi connectivity index (χ4n) is 2.46. The Kier molecular flexibility index (Phi) is 3.10. The largest absolute Gasteiger partial charge is 0.399 e. The highest BCUT2D eigenvalue weighted by atomic mass is 15.1. The molecule has 5 nitrogen and oxygen atoms in total. The summed E-state index contributed by atoms with van der Waals surface area (Å²) >= 11 is 0. The van der Waals surface area contributed by atoms with E-state index in [1.54, 1.807) is 18.6 Å². The predicted molar refractivity (Wildman–Crippen MR) is 84.5 cm³/mol. The van der Waals surface area contributed by atoms with Crippen molar-refractivity contribution in [3.05, 3.63) is 71.7 Å². The Morgan fingerprint density at radius 1 is 1.14 bits per heavy atom. The number of hydrogen-bond donors (Lipinski definition) is 3. The van der Waals surface area contributed by atoms with Gasteiger partial charge in [-0.3, -0.25) is 4.98 Å². The average molecular weight is 279 g/mol. The van der Waals surface area contributed by atoms with E-state index in [-0.39, 0.29) is 0 Å². The highest BCUT2D eigenvalue weighted by molar-refractivity contribution is 5.81. The van der Waals surface area contributed by atoms with Crippen molar-refractivity contribution in [2.75, 3.05) is 5.73 Å². The van der Waals surface area contributed by atoms with E-state index in [2.05, 4.69) is 15.3 Å². The second kappa shape index (κ2) is 4.94. The first-order valence-corrected chi connectivity index (χ1v) is 6.68. The van der Waals surface area contributed by atoms with Crippen LogP contribution in [0.5, 0.6) is 0 Å². The number of aromatic nitrogens is 1. The zero-order valence-electron chi connectivity index (χ0n) is 11.7. The van der Waals surface area contributed by atoms with Gasteiger partial charge in [-0.2, -0.15) is 0 Å². The highest BCUT2D eigenvalue weighted by Crippen LogP contribution is 2.37. The molecule has 2 heterocycles. The molecule has 21 heavy (non-hydrogen) atoms. The van der Waals surface area contributed by atoms with Gasteiger partial charge in [0, 0.05) is 29.8 Å². The second-order valence-electron chi connectivity index (χ2n) is 5.05. The van der Waals surface area contributed by atoms with E-state index in [4.69, 9.17) is 11.5 Å². The van der Waals surface area contributed by atoms with Crippen LogP contribution in [-0.2, 0) is 5.54 Å². The van der Waals surface area contributed by atoms with Crippen LogP contribution in [0, 0.1) is 6.92 Å². The van der Waals surface area contributed by atoms with Crippen LogP contribution in [0.2, 0.25) is 0 Å². The first-order valence-electron chi connectivity index (χ1n) is 6.68. The van der Waals surface area contributed by atoms with Gasteiger partial charge in [-0.05, 0) is 36.3 Å². The summed E-state index contributed by atoms with van der Waals surface area (Å²) in [6.45, 7) is 1.98. The van der Waals surface area contributed by atoms with Gasteiger partial charge in [-0.15, -0.1) is 0 Å². The van der Waals surface area contributed by atoms with Crippen molar-refractivity contribution < 1.29 is 0 Å². The normalized spacial score (nSPS) is 20.7. The van der Waals surface area contributed by atoms with Crippen LogP contribution in [0.4, 0.5) is 5.69 Å².